The topological polar surface area (TPSA) is 40.5 Å². The first kappa shape index (κ1) is 17.1. The number of rotatable bonds is 3. The van der Waals surface area contributed by atoms with Crippen molar-refractivity contribution in [2.75, 3.05) is 0 Å². The Kier molecular flexibility index (Phi) is 4.43. The van der Waals surface area contributed by atoms with Crippen LogP contribution in [0.25, 0.3) is 6.08 Å². The summed E-state index contributed by atoms with van der Waals surface area (Å²) in [6.45, 7) is 4.51. The van der Waals surface area contributed by atoms with E-state index in [2.05, 4.69) is 32.1 Å². The van der Waals surface area contributed by atoms with Crippen molar-refractivity contribution in [3.05, 3.63) is 34.9 Å². The molecule has 1 aromatic rings. The minimum absolute atomic E-state index is 0.104. The van der Waals surface area contributed by atoms with Gasteiger partial charge in [-0.1, -0.05) is 32.4 Å². The zero-order valence-corrected chi connectivity index (χ0v) is 15.7. The fourth-order valence-corrected chi connectivity index (χ4v) is 6.11. The number of hydrogen-bond acceptors (Lipinski definition) is 2. The maximum Gasteiger partial charge on any atom is 0.123 e. The molecule has 4 rings (SSSR count). The highest BCUT2D eigenvalue weighted by Gasteiger charge is 2.54. The first-order chi connectivity index (χ1) is 12.0. The van der Waals surface area contributed by atoms with Gasteiger partial charge < -0.3 is 10.2 Å². The number of phenols is 1. The van der Waals surface area contributed by atoms with Crippen LogP contribution in [0.1, 0.15) is 81.4 Å². The SMILES string of the molecule is CCC/C=C/c1cc2c(cc1O)CCC1C2CCC2(C)C(O)CCC12. The van der Waals surface area contributed by atoms with Gasteiger partial charge in [-0.05, 0) is 91.4 Å². The molecule has 2 fully saturated rings. The number of benzene rings is 1. The zero-order valence-electron chi connectivity index (χ0n) is 15.7. The Morgan fingerprint density at radius 1 is 1.20 bits per heavy atom. The van der Waals surface area contributed by atoms with Crippen LogP contribution in [0.3, 0.4) is 0 Å². The molecule has 0 saturated heterocycles. The van der Waals surface area contributed by atoms with Gasteiger partial charge in [0, 0.05) is 5.56 Å². The summed E-state index contributed by atoms with van der Waals surface area (Å²) in [7, 11) is 0. The lowest BCUT2D eigenvalue weighted by Crippen LogP contribution is -2.43. The summed E-state index contributed by atoms with van der Waals surface area (Å²) in [6.07, 6.45) is 13.1. The second-order valence-corrected chi connectivity index (χ2v) is 8.85. The van der Waals surface area contributed by atoms with E-state index < -0.39 is 0 Å². The standard InChI is InChI=1S/C23H32O2/c1-3-4-5-6-16-13-19-15(14-21(16)24)7-8-18-17(19)11-12-23(2)20(18)9-10-22(23)25/h5-6,13-14,17-18,20,22,24-25H,3-4,7-12H2,1-2H3/b6-5+. The van der Waals surface area contributed by atoms with Crippen LogP contribution < -0.4 is 0 Å². The highest BCUT2D eigenvalue weighted by molar-refractivity contribution is 5.60. The van der Waals surface area contributed by atoms with Crippen LogP contribution in [-0.2, 0) is 6.42 Å². The van der Waals surface area contributed by atoms with Gasteiger partial charge in [0.1, 0.15) is 5.75 Å². The summed E-state index contributed by atoms with van der Waals surface area (Å²) in [4.78, 5) is 0. The lowest BCUT2D eigenvalue weighted by atomic mass is 9.55. The monoisotopic (exact) mass is 340 g/mol. The minimum atomic E-state index is -0.104. The first-order valence-electron chi connectivity index (χ1n) is 10.2. The molecule has 3 aliphatic carbocycles. The van der Waals surface area contributed by atoms with Gasteiger partial charge in [-0.3, -0.25) is 0 Å². The lowest BCUT2D eigenvalue weighted by molar-refractivity contribution is -0.0226. The number of fused-ring (bicyclic) bond motifs is 5. The second kappa shape index (κ2) is 6.46. The van der Waals surface area contributed by atoms with Crippen LogP contribution in [0.5, 0.6) is 5.75 Å². The maximum absolute atomic E-state index is 10.5. The third-order valence-electron chi connectivity index (χ3n) is 7.57. The predicted molar refractivity (Wildman–Crippen MR) is 103 cm³/mol. The fourth-order valence-electron chi connectivity index (χ4n) is 6.11. The Labute approximate surface area is 152 Å². The predicted octanol–water partition coefficient (Wildman–Crippen LogP) is 5.42. The van der Waals surface area contributed by atoms with Gasteiger partial charge in [0.25, 0.3) is 0 Å². The molecule has 3 aliphatic rings. The summed E-state index contributed by atoms with van der Waals surface area (Å²) in [5, 5.41) is 20.9. The van der Waals surface area contributed by atoms with Crippen molar-refractivity contribution in [2.24, 2.45) is 17.3 Å². The molecule has 2 N–H and O–H groups in total. The van der Waals surface area contributed by atoms with Crippen molar-refractivity contribution in [3.63, 3.8) is 0 Å². The smallest absolute Gasteiger partial charge is 0.123 e. The summed E-state index contributed by atoms with van der Waals surface area (Å²) >= 11 is 0. The van der Waals surface area contributed by atoms with Crippen LogP contribution in [0.2, 0.25) is 0 Å². The van der Waals surface area contributed by atoms with Gasteiger partial charge in [0.05, 0.1) is 6.10 Å². The molecule has 1 aromatic carbocycles. The molecular weight excluding hydrogens is 308 g/mol. The maximum atomic E-state index is 10.5. The summed E-state index contributed by atoms with van der Waals surface area (Å²) in [6, 6.07) is 4.29. The van der Waals surface area contributed by atoms with E-state index in [1.165, 1.54) is 30.4 Å². The van der Waals surface area contributed by atoms with Crippen LogP contribution in [0.4, 0.5) is 0 Å². The van der Waals surface area contributed by atoms with E-state index in [4.69, 9.17) is 0 Å². The third kappa shape index (κ3) is 2.73. The molecule has 0 radical (unpaired) electrons. The lowest BCUT2D eigenvalue weighted by Gasteiger charge is -2.50. The Morgan fingerprint density at radius 3 is 2.84 bits per heavy atom. The Hall–Kier alpha value is -1.28. The van der Waals surface area contributed by atoms with E-state index in [9.17, 15) is 10.2 Å². The van der Waals surface area contributed by atoms with E-state index in [0.29, 0.717) is 23.5 Å². The van der Waals surface area contributed by atoms with E-state index in [1.807, 2.05) is 6.07 Å². The Bertz CT molecular complexity index is 677. The molecule has 0 aliphatic heterocycles. The van der Waals surface area contributed by atoms with Gasteiger partial charge in [-0.2, -0.15) is 0 Å². The molecule has 136 valence electrons. The van der Waals surface area contributed by atoms with E-state index in [0.717, 1.165) is 37.7 Å². The van der Waals surface area contributed by atoms with Gasteiger partial charge >= 0.3 is 0 Å². The molecule has 5 unspecified atom stereocenters. The van der Waals surface area contributed by atoms with E-state index >= 15 is 0 Å². The average Bonchev–Trinajstić information content (AvgIpc) is 2.91. The highest BCUT2D eigenvalue weighted by atomic mass is 16.3. The Morgan fingerprint density at radius 2 is 2.04 bits per heavy atom. The van der Waals surface area contributed by atoms with Crippen molar-refractivity contribution in [2.45, 2.75) is 77.2 Å². The minimum Gasteiger partial charge on any atom is -0.507 e. The quantitative estimate of drug-likeness (QED) is 0.771. The van der Waals surface area contributed by atoms with E-state index in [1.54, 1.807) is 0 Å². The largest absolute Gasteiger partial charge is 0.507 e. The normalized spacial score (nSPS) is 36.9. The van der Waals surface area contributed by atoms with E-state index in [-0.39, 0.29) is 11.5 Å². The molecule has 2 saturated carbocycles. The molecule has 25 heavy (non-hydrogen) atoms. The second-order valence-electron chi connectivity index (χ2n) is 8.85. The van der Waals surface area contributed by atoms with Crippen LogP contribution >= 0.6 is 0 Å². The Balaban J connectivity index is 1.66. The van der Waals surface area contributed by atoms with Crippen molar-refractivity contribution >= 4 is 6.08 Å². The number of aliphatic hydroxyl groups is 1. The molecule has 5 atom stereocenters. The molecule has 0 heterocycles. The molecule has 0 spiro atoms. The number of allylic oxidation sites excluding steroid dienone is 1. The molecule has 0 amide bonds. The van der Waals surface area contributed by atoms with Crippen molar-refractivity contribution in [1.82, 2.24) is 0 Å². The molecule has 0 aromatic heterocycles. The van der Waals surface area contributed by atoms with Gasteiger partial charge in [0.2, 0.25) is 0 Å². The van der Waals surface area contributed by atoms with Crippen LogP contribution in [-0.4, -0.2) is 16.3 Å². The summed E-state index contributed by atoms with van der Waals surface area (Å²) in [5.41, 5.74) is 3.95. The number of aromatic hydroxyl groups is 1. The fraction of sp³-hybridized carbons (Fsp3) is 0.652. The van der Waals surface area contributed by atoms with Gasteiger partial charge in [0.15, 0.2) is 0 Å². The molecule has 2 nitrogen and oxygen atoms in total. The molecule has 2 heteroatoms. The van der Waals surface area contributed by atoms with Crippen molar-refractivity contribution < 1.29 is 10.2 Å². The number of hydrogen-bond donors (Lipinski definition) is 2. The number of aryl methyl sites for hydroxylation is 1. The number of phenolic OH excluding ortho intramolecular Hbond substituents is 1. The van der Waals surface area contributed by atoms with Crippen LogP contribution in [0.15, 0.2) is 18.2 Å². The molecular formula is C23H32O2. The van der Waals surface area contributed by atoms with Crippen molar-refractivity contribution in [1.29, 1.82) is 0 Å². The zero-order chi connectivity index (χ0) is 17.6. The van der Waals surface area contributed by atoms with Crippen LogP contribution in [0, 0.1) is 17.3 Å². The highest BCUT2D eigenvalue weighted by Crippen LogP contribution is 2.61. The number of unbranched alkanes of at least 4 members (excludes halogenated alkanes) is 1. The average molecular weight is 341 g/mol. The van der Waals surface area contributed by atoms with Gasteiger partial charge in [-0.25, -0.2) is 0 Å². The molecule has 0 bridgehead atoms. The first-order valence-corrected chi connectivity index (χ1v) is 10.2. The number of aliphatic hydroxyl groups excluding tert-OH is 1. The third-order valence-corrected chi connectivity index (χ3v) is 7.57. The van der Waals surface area contributed by atoms with Gasteiger partial charge in [-0.15, -0.1) is 0 Å². The van der Waals surface area contributed by atoms with Crippen molar-refractivity contribution in [3.8, 4) is 5.75 Å². The summed E-state index contributed by atoms with van der Waals surface area (Å²) in [5.74, 6) is 2.43. The summed E-state index contributed by atoms with van der Waals surface area (Å²) < 4.78 is 0.